The van der Waals surface area contributed by atoms with Gasteiger partial charge in [-0.15, -0.1) is 5.10 Å². The van der Waals surface area contributed by atoms with E-state index in [9.17, 15) is 4.79 Å². The van der Waals surface area contributed by atoms with Gasteiger partial charge in [-0.05, 0) is 6.92 Å². The normalized spacial score (nSPS) is 12.6. The predicted molar refractivity (Wildman–Crippen MR) is 54.8 cm³/mol. The van der Waals surface area contributed by atoms with E-state index in [1.165, 1.54) is 17.8 Å². The molecule has 2 aromatic heterocycles. The van der Waals surface area contributed by atoms with Gasteiger partial charge in [0.15, 0.2) is 11.2 Å². The second-order valence-electron chi connectivity index (χ2n) is 3.32. The topological polar surface area (TPSA) is 106 Å². The van der Waals surface area contributed by atoms with E-state index in [-0.39, 0.29) is 5.95 Å². The third-order valence-electron chi connectivity index (χ3n) is 2.06. The molecule has 0 aliphatic rings. The van der Waals surface area contributed by atoms with Crippen molar-refractivity contribution in [2.24, 2.45) is 7.05 Å². The number of nitrogens with zero attached hydrogens (tertiary/aromatic N) is 5. The van der Waals surface area contributed by atoms with E-state index in [0.29, 0.717) is 11.2 Å². The Balaban J connectivity index is 2.32. The van der Waals surface area contributed by atoms with Crippen LogP contribution in [0.25, 0.3) is 11.2 Å². The first-order valence-corrected chi connectivity index (χ1v) is 4.59. The number of carboxylic acids is 1. The largest absolute Gasteiger partial charge is 0.480 e. The van der Waals surface area contributed by atoms with Crippen LogP contribution in [0.1, 0.15) is 6.92 Å². The van der Waals surface area contributed by atoms with Gasteiger partial charge in [0.05, 0.1) is 6.20 Å². The van der Waals surface area contributed by atoms with Crippen LogP contribution in [0.4, 0.5) is 5.95 Å². The molecule has 1 atom stereocenters. The second-order valence-corrected chi connectivity index (χ2v) is 3.32. The molecule has 2 N–H and O–H groups in total. The van der Waals surface area contributed by atoms with E-state index < -0.39 is 12.0 Å². The molecule has 0 saturated heterocycles. The Labute approximate surface area is 90.3 Å². The minimum atomic E-state index is -0.966. The maximum Gasteiger partial charge on any atom is 0.325 e. The number of hydrogen-bond donors (Lipinski definition) is 2. The summed E-state index contributed by atoms with van der Waals surface area (Å²) in [7, 11) is 1.70. The molecule has 0 fully saturated rings. The number of hydrogen-bond acceptors (Lipinski definition) is 6. The van der Waals surface area contributed by atoms with Crippen LogP contribution < -0.4 is 5.32 Å². The van der Waals surface area contributed by atoms with Crippen LogP contribution in [0.15, 0.2) is 6.20 Å². The van der Waals surface area contributed by atoms with Crippen molar-refractivity contribution in [3.63, 3.8) is 0 Å². The van der Waals surface area contributed by atoms with E-state index in [1.54, 1.807) is 7.05 Å². The minimum Gasteiger partial charge on any atom is -0.480 e. The smallest absolute Gasteiger partial charge is 0.325 e. The molecule has 0 aromatic carbocycles. The molecule has 0 aliphatic heterocycles. The molecule has 2 heterocycles. The number of anilines is 1. The third kappa shape index (κ3) is 1.76. The summed E-state index contributed by atoms with van der Waals surface area (Å²) in [5, 5.41) is 19.0. The summed E-state index contributed by atoms with van der Waals surface area (Å²) in [5.74, 6) is -0.723. The van der Waals surface area contributed by atoms with Crippen LogP contribution in [-0.4, -0.2) is 42.1 Å². The average Bonchev–Trinajstić information content (AvgIpc) is 2.60. The van der Waals surface area contributed by atoms with Crippen molar-refractivity contribution in [3.05, 3.63) is 6.20 Å². The number of carbonyl (C=O) groups is 1. The molecule has 0 aliphatic carbocycles. The fourth-order valence-electron chi connectivity index (χ4n) is 1.16. The van der Waals surface area contributed by atoms with Crippen molar-refractivity contribution < 1.29 is 9.90 Å². The van der Waals surface area contributed by atoms with Gasteiger partial charge in [0.1, 0.15) is 6.04 Å². The molecule has 8 heteroatoms. The Kier molecular flexibility index (Phi) is 2.39. The van der Waals surface area contributed by atoms with E-state index in [0.717, 1.165) is 0 Å². The highest BCUT2D eigenvalue weighted by Crippen LogP contribution is 2.08. The number of rotatable bonds is 3. The van der Waals surface area contributed by atoms with Crippen LogP contribution in [0.2, 0.25) is 0 Å². The van der Waals surface area contributed by atoms with E-state index in [4.69, 9.17) is 5.11 Å². The van der Waals surface area contributed by atoms with Gasteiger partial charge in [-0.3, -0.25) is 4.79 Å². The molecule has 1 unspecified atom stereocenters. The van der Waals surface area contributed by atoms with Crippen molar-refractivity contribution in [2.75, 3.05) is 5.32 Å². The van der Waals surface area contributed by atoms with Crippen molar-refractivity contribution in [1.29, 1.82) is 0 Å². The van der Waals surface area contributed by atoms with E-state index >= 15 is 0 Å². The molecule has 0 bridgehead atoms. The Morgan fingerprint density at radius 2 is 2.38 bits per heavy atom. The highest BCUT2D eigenvalue weighted by atomic mass is 16.4. The first-order chi connectivity index (χ1) is 7.58. The molecule has 8 nitrogen and oxygen atoms in total. The molecule has 84 valence electrons. The zero-order valence-corrected chi connectivity index (χ0v) is 8.75. The number of carboxylic acid groups (broad SMARTS) is 1. The summed E-state index contributed by atoms with van der Waals surface area (Å²) >= 11 is 0. The number of aliphatic carboxylic acids is 1. The Hall–Kier alpha value is -2.25. The number of nitrogens with one attached hydrogen (secondary N) is 1. The lowest BCUT2D eigenvalue weighted by atomic mass is 10.3. The van der Waals surface area contributed by atoms with Crippen molar-refractivity contribution >= 4 is 23.1 Å². The minimum absolute atomic E-state index is 0.243. The van der Waals surface area contributed by atoms with Crippen LogP contribution in [0.5, 0.6) is 0 Å². The van der Waals surface area contributed by atoms with Gasteiger partial charge in [0, 0.05) is 7.05 Å². The number of fused-ring (bicyclic) bond motifs is 1. The van der Waals surface area contributed by atoms with E-state index in [1.807, 2.05) is 0 Å². The quantitative estimate of drug-likeness (QED) is 0.730. The highest BCUT2D eigenvalue weighted by Gasteiger charge is 2.12. The Morgan fingerprint density at radius 3 is 3.06 bits per heavy atom. The zero-order chi connectivity index (χ0) is 11.7. The molecular weight excluding hydrogens is 212 g/mol. The lowest BCUT2D eigenvalue weighted by Gasteiger charge is -2.07. The highest BCUT2D eigenvalue weighted by molar-refractivity contribution is 5.76. The van der Waals surface area contributed by atoms with Crippen LogP contribution >= 0.6 is 0 Å². The monoisotopic (exact) mass is 222 g/mol. The molecule has 2 aromatic rings. The van der Waals surface area contributed by atoms with Crippen LogP contribution in [0, 0.1) is 0 Å². The number of aryl methyl sites for hydroxylation is 1. The Morgan fingerprint density at radius 1 is 1.62 bits per heavy atom. The van der Waals surface area contributed by atoms with Crippen LogP contribution in [0.3, 0.4) is 0 Å². The van der Waals surface area contributed by atoms with Gasteiger partial charge in [-0.25, -0.2) is 9.67 Å². The first-order valence-electron chi connectivity index (χ1n) is 4.59. The standard InChI is InChI=1S/C8H10N6O2/c1-4(7(15)16)10-8-9-3-5-6(11-8)14(2)13-12-5/h3-4H,1-2H3,(H,15,16)(H,9,10,11). The summed E-state index contributed by atoms with van der Waals surface area (Å²) < 4.78 is 1.49. The zero-order valence-electron chi connectivity index (χ0n) is 8.75. The van der Waals surface area contributed by atoms with Crippen molar-refractivity contribution in [2.45, 2.75) is 13.0 Å². The van der Waals surface area contributed by atoms with Gasteiger partial charge in [0.2, 0.25) is 5.95 Å². The van der Waals surface area contributed by atoms with E-state index in [2.05, 4.69) is 25.6 Å². The summed E-state index contributed by atoms with van der Waals surface area (Å²) in [4.78, 5) is 18.7. The van der Waals surface area contributed by atoms with Gasteiger partial charge < -0.3 is 10.4 Å². The van der Waals surface area contributed by atoms with Gasteiger partial charge >= 0.3 is 5.97 Å². The Bertz CT molecular complexity index is 536. The van der Waals surface area contributed by atoms with Crippen molar-refractivity contribution in [1.82, 2.24) is 25.0 Å². The van der Waals surface area contributed by atoms with Gasteiger partial charge in [-0.1, -0.05) is 5.21 Å². The molecule has 0 amide bonds. The molecule has 16 heavy (non-hydrogen) atoms. The maximum absolute atomic E-state index is 10.6. The fourth-order valence-corrected chi connectivity index (χ4v) is 1.16. The average molecular weight is 222 g/mol. The van der Waals surface area contributed by atoms with Gasteiger partial charge in [0.25, 0.3) is 0 Å². The van der Waals surface area contributed by atoms with Crippen molar-refractivity contribution in [3.8, 4) is 0 Å². The molecule has 2 rings (SSSR count). The molecule has 0 spiro atoms. The fraction of sp³-hybridized carbons (Fsp3) is 0.375. The first kappa shape index (κ1) is 10.3. The molecule has 0 radical (unpaired) electrons. The lowest BCUT2D eigenvalue weighted by Crippen LogP contribution is -2.26. The second kappa shape index (κ2) is 3.72. The molecule has 0 saturated carbocycles. The SMILES string of the molecule is CC(Nc1ncc2nnn(C)c2n1)C(=O)O. The lowest BCUT2D eigenvalue weighted by molar-refractivity contribution is -0.137. The maximum atomic E-state index is 10.6. The molecular formula is C8H10N6O2. The number of aromatic nitrogens is 5. The van der Waals surface area contributed by atoms with Gasteiger partial charge in [-0.2, -0.15) is 4.98 Å². The van der Waals surface area contributed by atoms with Crippen LogP contribution in [-0.2, 0) is 11.8 Å². The summed E-state index contributed by atoms with van der Waals surface area (Å²) in [6, 6.07) is -0.751. The summed E-state index contributed by atoms with van der Waals surface area (Å²) in [5.41, 5.74) is 1.12. The summed E-state index contributed by atoms with van der Waals surface area (Å²) in [6.07, 6.45) is 1.49. The third-order valence-corrected chi connectivity index (χ3v) is 2.06. The summed E-state index contributed by atoms with van der Waals surface area (Å²) in [6.45, 7) is 1.51. The predicted octanol–water partition coefficient (Wildman–Crippen LogP) is -0.357.